The Bertz CT molecular complexity index is 395. The number of nitrogens with one attached hydrogen (secondary N) is 1. The van der Waals surface area contributed by atoms with Crippen molar-refractivity contribution in [3.8, 4) is 5.75 Å². The molecular weight excluding hydrogens is 286 g/mol. The van der Waals surface area contributed by atoms with Gasteiger partial charge in [-0.05, 0) is 40.5 Å². The second-order valence-electron chi connectivity index (χ2n) is 3.71. The molecule has 1 aromatic carbocycles. The van der Waals surface area contributed by atoms with E-state index in [2.05, 4.69) is 21.2 Å². The number of rotatable bonds is 6. The zero-order chi connectivity index (χ0) is 12.8. The first-order valence-electron chi connectivity index (χ1n) is 5.33. The Labute approximate surface area is 109 Å². The van der Waals surface area contributed by atoms with Crippen LogP contribution in [0.4, 0.5) is 0 Å². The van der Waals surface area contributed by atoms with Crippen LogP contribution in [-0.4, -0.2) is 24.7 Å². The number of halogens is 1. The average molecular weight is 302 g/mol. The van der Waals surface area contributed by atoms with Gasteiger partial charge >= 0.3 is 5.97 Å². The standard InChI is InChI=1S/C12H16BrNO3/c1-8(14-6-5-12(15)16)9-3-4-11(17-2)10(13)7-9/h3-4,7-8,14H,5-6H2,1-2H3,(H,15,16). The highest BCUT2D eigenvalue weighted by Gasteiger charge is 2.08. The van der Waals surface area contributed by atoms with Gasteiger partial charge in [0.1, 0.15) is 5.75 Å². The summed E-state index contributed by atoms with van der Waals surface area (Å²) < 4.78 is 6.04. The van der Waals surface area contributed by atoms with Gasteiger partial charge in [0.25, 0.3) is 0 Å². The lowest BCUT2D eigenvalue weighted by atomic mass is 10.1. The fraction of sp³-hybridized carbons (Fsp3) is 0.417. The van der Waals surface area contributed by atoms with Crippen molar-refractivity contribution in [1.29, 1.82) is 0 Å². The topological polar surface area (TPSA) is 58.6 Å². The number of carbonyl (C=O) groups is 1. The average Bonchev–Trinajstić information content (AvgIpc) is 2.28. The van der Waals surface area contributed by atoms with Gasteiger partial charge in [-0.3, -0.25) is 4.79 Å². The summed E-state index contributed by atoms with van der Waals surface area (Å²) in [4.78, 5) is 10.4. The number of methoxy groups -OCH3 is 1. The van der Waals surface area contributed by atoms with Crippen molar-refractivity contribution in [3.63, 3.8) is 0 Å². The molecule has 0 saturated heterocycles. The number of hydrogen-bond donors (Lipinski definition) is 2. The first kappa shape index (κ1) is 14.0. The predicted molar refractivity (Wildman–Crippen MR) is 69.4 cm³/mol. The van der Waals surface area contributed by atoms with E-state index in [9.17, 15) is 4.79 Å². The number of aliphatic carboxylic acids is 1. The molecule has 0 radical (unpaired) electrons. The maximum Gasteiger partial charge on any atom is 0.304 e. The lowest BCUT2D eigenvalue weighted by Crippen LogP contribution is -2.21. The Morgan fingerprint density at radius 2 is 2.29 bits per heavy atom. The van der Waals surface area contributed by atoms with Crippen molar-refractivity contribution >= 4 is 21.9 Å². The van der Waals surface area contributed by atoms with Gasteiger partial charge in [0, 0.05) is 12.6 Å². The van der Waals surface area contributed by atoms with Crippen LogP contribution in [0.15, 0.2) is 22.7 Å². The zero-order valence-corrected chi connectivity index (χ0v) is 11.5. The van der Waals surface area contributed by atoms with Gasteiger partial charge in [-0.1, -0.05) is 6.07 Å². The molecule has 0 spiro atoms. The molecule has 5 heteroatoms. The minimum atomic E-state index is -0.791. The van der Waals surface area contributed by atoms with Crippen LogP contribution in [0.1, 0.15) is 24.9 Å². The number of benzene rings is 1. The van der Waals surface area contributed by atoms with E-state index in [-0.39, 0.29) is 12.5 Å². The van der Waals surface area contributed by atoms with E-state index in [1.54, 1.807) is 7.11 Å². The molecule has 94 valence electrons. The van der Waals surface area contributed by atoms with Crippen molar-refractivity contribution in [2.45, 2.75) is 19.4 Å². The van der Waals surface area contributed by atoms with E-state index in [0.717, 1.165) is 15.8 Å². The SMILES string of the molecule is COc1ccc(C(C)NCCC(=O)O)cc1Br. The van der Waals surface area contributed by atoms with Crippen LogP contribution in [-0.2, 0) is 4.79 Å². The maximum atomic E-state index is 10.4. The van der Waals surface area contributed by atoms with Crippen molar-refractivity contribution < 1.29 is 14.6 Å². The predicted octanol–water partition coefficient (Wildman–Crippen LogP) is 2.58. The molecule has 1 atom stereocenters. The summed E-state index contributed by atoms with van der Waals surface area (Å²) in [6, 6.07) is 5.92. The van der Waals surface area contributed by atoms with E-state index < -0.39 is 5.97 Å². The van der Waals surface area contributed by atoms with Gasteiger partial charge in [-0.2, -0.15) is 0 Å². The molecule has 0 bridgehead atoms. The lowest BCUT2D eigenvalue weighted by Gasteiger charge is -2.14. The third kappa shape index (κ3) is 4.36. The highest BCUT2D eigenvalue weighted by Crippen LogP contribution is 2.27. The fourth-order valence-corrected chi connectivity index (χ4v) is 2.02. The van der Waals surface area contributed by atoms with Crippen LogP contribution in [0.3, 0.4) is 0 Å². The van der Waals surface area contributed by atoms with Gasteiger partial charge in [0.05, 0.1) is 18.0 Å². The third-order valence-electron chi connectivity index (χ3n) is 2.47. The van der Waals surface area contributed by atoms with Crippen molar-refractivity contribution in [2.75, 3.05) is 13.7 Å². The Balaban J connectivity index is 2.59. The largest absolute Gasteiger partial charge is 0.496 e. The van der Waals surface area contributed by atoms with Crippen LogP contribution in [0.25, 0.3) is 0 Å². The molecule has 1 aromatic rings. The number of carboxylic acid groups (broad SMARTS) is 1. The van der Waals surface area contributed by atoms with Crippen LogP contribution >= 0.6 is 15.9 Å². The zero-order valence-electron chi connectivity index (χ0n) is 9.87. The number of ether oxygens (including phenoxy) is 1. The van der Waals surface area contributed by atoms with Gasteiger partial charge in [0.15, 0.2) is 0 Å². The number of hydrogen-bond acceptors (Lipinski definition) is 3. The van der Waals surface area contributed by atoms with Crippen LogP contribution in [0.5, 0.6) is 5.75 Å². The van der Waals surface area contributed by atoms with Crippen molar-refractivity contribution in [3.05, 3.63) is 28.2 Å². The molecule has 0 aliphatic heterocycles. The second kappa shape index (κ2) is 6.61. The van der Waals surface area contributed by atoms with Gasteiger partial charge in [-0.25, -0.2) is 0 Å². The number of carboxylic acids is 1. The quantitative estimate of drug-likeness (QED) is 0.848. The Morgan fingerprint density at radius 3 is 2.82 bits per heavy atom. The summed E-state index contributed by atoms with van der Waals surface area (Å²) in [5.74, 6) is -0.00732. The van der Waals surface area contributed by atoms with Crippen LogP contribution < -0.4 is 10.1 Å². The van der Waals surface area contributed by atoms with E-state index in [1.165, 1.54) is 0 Å². The second-order valence-corrected chi connectivity index (χ2v) is 4.57. The van der Waals surface area contributed by atoms with Crippen LogP contribution in [0, 0.1) is 0 Å². The summed E-state index contributed by atoms with van der Waals surface area (Å²) in [6.07, 6.45) is 0.127. The highest BCUT2D eigenvalue weighted by atomic mass is 79.9. The molecular formula is C12H16BrNO3. The van der Waals surface area contributed by atoms with Gasteiger partial charge < -0.3 is 15.2 Å². The molecule has 0 amide bonds. The molecule has 1 unspecified atom stereocenters. The molecule has 0 aliphatic carbocycles. The Morgan fingerprint density at radius 1 is 1.59 bits per heavy atom. The molecule has 0 saturated carbocycles. The lowest BCUT2D eigenvalue weighted by molar-refractivity contribution is -0.136. The van der Waals surface area contributed by atoms with Gasteiger partial charge in [-0.15, -0.1) is 0 Å². The molecule has 0 aromatic heterocycles. The summed E-state index contributed by atoms with van der Waals surface area (Å²) in [7, 11) is 1.62. The summed E-state index contributed by atoms with van der Waals surface area (Å²) in [5.41, 5.74) is 1.09. The van der Waals surface area contributed by atoms with E-state index in [4.69, 9.17) is 9.84 Å². The van der Waals surface area contributed by atoms with Crippen molar-refractivity contribution in [1.82, 2.24) is 5.32 Å². The molecule has 2 N–H and O–H groups in total. The maximum absolute atomic E-state index is 10.4. The molecule has 1 rings (SSSR count). The summed E-state index contributed by atoms with van der Waals surface area (Å²) in [5, 5.41) is 11.7. The summed E-state index contributed by atoms with van der Waals surface area (Å²) in [6.45, 7) is 2.45. The minimum Gasteiger partial charge on any atom is -0.496 e. The van der Waals surface area contributed by atoms with Gasteiger partial charge in [0.2, 0.25) is 0 Å². The molecule has 4 nitrogen and oxygen atoms in total. The normalized spacial score (nSPS) is 12.2. The molecule has 0 heterocycles. The molecule has 0 fully saturated rings. The van der Waals surface area contributed by atoms with Crippen LogP contribution in [0.2, 0.25) is 0 Å². The van der Waals surface area contributed by atoms with Crippen molar-refractivity contribution in [2.24, 2.45) is 0 Å². The van der Waals surface area contributed by atoms with E-state index in [0.29, 0.717) is 6.54 Å². The summed E-state index contributed by atoms with van der Waals surface area (Å²) >= 11 is 3.42. The Hall–Kier alpha value is -1.07. The highest BCUT2D eigenvalue weighted by molar-refractivity contribution is 9.10. The molecule has 0 aliphatic rings. The first-order chi connectivity index (χ1) is 8.04. The smallest absolute Gasteiger partial charge is 0.304 e. The fourth-order valence-electron chi connectivity index (χ4n) is 1.47. The minimum absolute atomic E-state index is 0.108. The Kier molecular flexibility index (Phi) is 5.44. The molecule has 17 heavy (non-hydrogen) atoms. The monoisotopic (exact) mass is 301 g/mol. The van der Waals surface area contributed by atoms with E-state index in [1.807, 2.05) is 25.1 Å². The first-order valence-corrected chi connectivity index (χ1v) is 6.12. The third-order valence-corrected chi connectivity index (χ3v) is 3.08. The van der Waals surface area contributed by atoms with E-state index >= 15 is 0 Å².